The number of nitrogens with zero attached hydrogens (tertiary/aromatic N) is 5. The zero-order valence-corrected chi connectivity index (χ0v) is 30.2. The highest BCUT2D eigenvalue weighted by molar-refractivity contribution is 6.16. The Kier molecular flexibility index (Phi) is 5.82. The molecule has 0 atom stereocenters. The Hall–Kier alpha value is -7.83. The van der Waals surface area contributed by atoms with Crippen molar-refractivity contribution in [2.45, 2.75) is 0 Å². The van der Waals surface area contributed by atoms with Gasteiger partial charge in [-0.3, -0.25) is 4.57 Å². The lowest BCUT2D eigenvalue weighted by molar-refractivity contribution is 0.666. The molecule has 57 heavy (non-hydrogen) atoms. The van der Waals surface area contributed by atoms with Crippen LogP contribution in [0.15, 0.2) is 192 Å². The number of aromatic nitrogens is 5. The minimum absolute atomic E-state index is 0.0474. The summed E-state index contributed by atoms with van der Waals surface area (Å²) in [6.07, 6.45) is 0. The summed E-state index contributed by atoms with van der Waals surface area (Å²) in [5, 5.41) is 5.83. The Morgan fingerprint density at radius 3 is 1.79 bits per heavy atom. The van der Waals surface area contributed by atoms with Crippen LogP contribution in [-0.4, -0.2) is 24.1 Å². The molecule has 0 aliphatic carbocycles. The number of fused-ring (bicyclic) bond motifs is 9. The van der Waals surface area contributed by atoms with Crippen LogP contribution in [0.25, 0.3) is 111 Å². The third-order valence-corrected chi connectivity index (χ3v) is 10.9. The van der Waals surface area contributed by atoms with Gasteiger partial charge in [0.1, 0.15) is 5.58 Å². The van der Waals surface area contributed by atoms with Crippen molar-refractivity contribution in [3.63, 3.8) is 0 Å². The van der Waals surface area contributed by atoms with Gasteiger partial charge in [-0.15, -0.1) is 0 Å². The van der Waals surface area contributed by atoms with E-state index in [1.807, 2.05) is 102 Å². The quantitative estimate of drug-likeness (QED) is 0.177. The summed E-state index contributed by atoms with van der Waals surface area (Å²) >= 11 is 0. The normalized spacial score (nSPS) is 13.1. The minimum Gasteiger partial charge on any atom is -0.454 e. The van der Waals surface area contributed by atoms with Gasteiger partial charge >= 0.3 is 0 Å². The highest BCUT2D eigenvalue weighted by Crippen LogP contribution is 2.42. The molecule has 0 fully saturated rings. The van der Waals surface area contributed by atoms with Gasteiger partial charge in [-0.05, 0) is 47.5 Å². The maximum absolute atomic E-state index is 8.94. The van der Waals surface area contributed by atoms with Crippen LogP contribution in [0.1, 0.15) is 6.85 Å². The lowest BCUT2D eigenvalue weighted by atomic mass is 10.0. The Balaban J connectivity index is 1.14. The van der Waals surface area contributed by atoms with Crippen molar-refractivity contribution in [3.8, 4) is 45.5 Å². The second-order valence-corrected chi connectivity index (χ2v) is 14.0. The molecular formula is C51H31N5O. The fourth-order valence-electron chi connectivity index (χ4n) is 8.43. The number of furan rings is 1. The molecule has 0 bridgehead atoms. The van der Waals surface area contributed by atoms with Gasteiger partial charge in [0.05, 0.1) is 34.6 Å². The number of rotatable bonds is 5. The average Bonchev–Trinajstić information content (AvgIpc) is 3.98. The molecule has 0 N–H and O–H groups in total. The van der Waals surface area contributed by atoms with Crippen LogP contribution in [0.4, 0.5) is 0 Å². The Bertz CT molecular complexity index is 3750. The van der Waals surface area contributed by atoms with Gasteiger partial charge in [-0.2, -0.15) is 9.97 Å². The molecule has 12 rings (SSSR count). The second kappa shape index (κ2) is 12.3. The highest BCUT2D eigenvalue weighted by Gasteiger charge is 2.23. The van der Waals surface area contributed by atoms with Gasteiger partial charge in [-0.1, -0.05) is 152 Å². The first-order valence-electron chi connectivity index (χ1n) is 21.2. The Labute approximate surface area is 333 Å². The standard InChI is InChI=1S/C51H31N5O/c1-3-15-32(16-4-1)34-29-30-38-37-21-7-10-24-41(37)55(45(38)31-34)44-27-13-22-39-47-40(23-14-28-46(47)57-48(39)44)50-52-49(33-17-5-2-6-18-33)53-51(54-50)56-42-25-11-8-19-35(42)36-20-9-12-26-43(36)56/h1-31H/i2D,5D,6D,17D,18D. The van der Waals surface area contributed by atoms with E-state index in [4.69, 9.17) is 26.2 Å². The third kappa shape index (κ3) is 4.81. The molecule has 0 saturated carbocycles. The molecule has 12 aromatic rings. The van der Waals surface area contributed by atoms with Crippen molar-refractivity contribution in [1.82, 2.24) is 24.1 Å². The van der Waals surface area contributed by atoms with E-state index in [0.29, 0.717) is 16.7 Å². The molecule has 0 amide bonds. The third-order valence-electron chi connectivity index (χ3n) is 10.9. The molecule has 0 aliphatic heterocycles. The van der Waals surface area contributed by atoms with Gasteiger partial charge < -0.3 is 8.98 Å². The lowest BCUT2D eigenvalue weighted by Gasteiger charge is -2.11. The molecule has 0 saturated heterocycles. The van der Waals surface area contributed by atoms with Crippen molar-refractivity contribution in [1.29, 1.82) is 0 Å². The molecular weight excluding hydrogens is 699 g/mol. The van der Waals surface area contributed by atoms with E-state index in [-0.39, 0.29) is 23.2 Å². The van der Waals surface area contributed by atoms with E-state index >= 15 is 0 Å². The fraction of sp³-hybridized carbons (Fsp3) is 0. The number of hydrogen-bond acceptors (Lipinski definition) is 4. The van der Waals surface area contributed by atoms with Crippen LogP contribution in [-0.2, 0) is 0 Å². The molecule has 0 aliphatic rings. The summed E-state index contributed by atoms with van der Waals surface area (Å²) in [7, 11) is 0. The van der Waals surface area contributed by atoms with Crippen LogP contribution in [0, 0.1) is 0 Å². The van der Waals surface area contributed by atoms with Crippen LogP contribution in [0.2, 0.25) is 0 Å². The Morgan fingerprint density at radius 1 is 0.439 bits per heavy atom. The van der Waals surface area contributed by atoms with Crippen LogP contribution in [0.5, 0.6) is 0 Å². The van der Waals surface area contributed by atoms with Gasteiger partial charge in [0, 0.05) is 43.4 Å². The first-order valence-corrected chi connectivity index (χ1v) is 18.7. The second-order valence-electron chi connectivity index (χ2n) is 14.0. The molecule has 4 aromatic heterocycles. The van der Waals surface area contributed by atoms with Crippen LogP contribution >= 0.6 is 0 Å². The largest absolute Gasteiger partial charge is 0.454 e. The van der Waals surface area contributed by atoms with Crippen LogP contribution < -0.4 is 0 Å². The summed E-state index contributed by atoms with van der Waals surface area (Å²) in [6.45, 7) is 0. The van der Waals surface area contributed by atoms with Crippen molar-refractivity contribution in [3.05, 3.63) is 188 Å². The number of benzene rings is 8. The zero-order chi connectivity index (χ0) is 41.8. The molecule has 6 nitrogen and oxygen atoms in total. The average molecular weight is 735 g/mol. The summed E-state index contributed by atoms with van der Waals surface area (Å²) in [5.74, 6) is 0.440. The monoisotopic (exact) mass is 734 g/mol. The maximum atomic E-state index is 8.94. The van der Waals surface area contributed by atoms with E-state index in [1.54, 1.807) is 0 Å². The van der Waals surface area contributed by atoms with E-state index in [1.165, 1.54) is 0 Å². The Morgan fingerprint density at radius 2 is 1.05 bits per heavy atom. The molecule has 8 aromatic carbocycles. The summed E-state index contributed by atoms with van der Waals surface area (Å²) < 4.78 is 54.3. The van der Waals surface area contributed by atoms with Crippen molar-refractivity contribution < 1.29 is 11.3 Å². The van der Waals surface area contributed by atoms with E-state index in [9.17, 15) is 0 Å². The van der Waals surface area contributed by atoms with Crippen molar-refractivity contribution >= 4 is 65.6 Å². The predicted molar refractivity (Wildman–Crippen MR) is 232 cm³/mol. The van der Waals surface area contributed by atoms with Crippen molar-refractivity contribution in [2.24, 2.45) is 0 Å². The smallest absolute Gasteiger partial charge is 0.238 e. The maximum Gasteiger partial charge on any atom is 0.238 e. The number of hydrogen-bond donors (Lipinski definition) is 0. The summed E-state index contributed by atoms with van der Waals surface area (Å²) in [4.78, 5) is 15.0. The molecule has 6 heteroatoms. The first kappa shape index (κ1) is 26.9. The SMILES string of the molecule is [2H]c1c([2H])c([2H])c(-c2nc(-c3cccc4oc5c(-n6c7ccccc7c7ccc(-c8ccccc8)cc76)cccc5c34)nc(-n3c4ccccc4c4ccccc43)n2)c([2H])c1[2H]. The molecule has 0 radical (unpaired) electrons. The van der Waals surface area contributed by atoms with Gasteiger partial charge in [0.15, 0.2) is 17.2 Å². The van der Waals surface area contributed by atoms with E-state index in [2.05, 4.69) is 65.2 Å². The van der Waals surface area contributed by atoms with Gasteiger partial charge in [0.25, 0.3) is 0 Å². The highest BCUT2D eigenvalue weighted by atomic mass is 16.3. The van der Waals surface area contributed by atoms with Gasteiger partial charge in [-0.25, -0.2) is 4.98 Å². The minimum atomic E-state index is -0.495. The van der Waals surface area contributed by atoms with Crippen LogP contribution in [0.3, 0.4) is 0 Å². The van der Waals surface area contributed by atoms with E-state index < -0.39 is 30.2 Å². The molecule has 0 spiro atoms. The fourth-order valence-corrected chi connectivity index (χ4v) is 8.43. The van der Waals surface area contributed by atoms with Crippen molar-refractivity contribution in [2.75, 3.05) is 0 Å². The molecule has 4 heterocycles. The predicted octanol–water partition coefficient (Wildman–Crippen LogP) is 13.0. The summed E-state index contributed by atoms with van der Waals surface area (Å²) in [6, 6.07) is 50.9. The van der Waals surface area contributed by atoms with E-state index in [0.717, 1.165) is 71.2 Å². The first-order chi connectivity index (χ1) is 30.4. The lowest BCUT2D eigenvalue weighted by Crippen LogP contribution is -2.06. The number of para-hydroxylation sites is 4. The topological polar surface area (TPSA) is 61.7 Å². The zero-order valence-electron chi connectivity index (χ0n) is 35.2. The summed E-state index contributed by atoms with van der Waals surface area (Å²) in [5.41, 5.74) is 8.65. The molecule has 266 valence electrons. The molecule has 0 unspecified atom stereocenters. The van der Waals surface area contributed by atoms with Gasteiger partial charge in [0.2, 0.25) is 5.95 Å².